The monoisotopic (exact) mass is 984 g/mol. The second kappa shape index (κ2) is 23.0. The van der Waals surface area contributed by atoms with E-state index in [9.17, 15) is 29.4 Å². The van der Waals surface area contributed by atoms with Crippen LogP contribution in [0.1, 0.15) is 97.3 Å². The van der Waals surface area contributed by atoms with Gasteiger partial charge in [0, 0.05) is 88.6 Å². The second-order valence-electron chi connectivity index (χ2n) is 15.6. The van der Waals surface area contributed by atoms with E-state index in [-0.39, 0.29) is 47.5 Å². The fourth-order valence-corrected chi connectivity index (χ4v) is 9.19. The average Bonchev–Trinajstić information content (AvgIpc) is 4.27. The third kappa shape index (κ3) is 11.9. The highest BCUT2D eigenvalue weighted by Crippen LogP contribution is 2.40. The average molecular weight is 985 g/mol. The highest BCUT2D eigenvalue weighted by Gasteiger charge is 2.37. The molecule has 3 amide bonds. The zero-order chi connectivity index (χ0) is 49.7. The Labute approximate surface area is 415 Å². The molecule has 0 spiro atoms. The lowest BCUT2D eigenvalue weighted by molar-refractivity contribution is 0.0686. The number of hydrogen-bond acceptors (Lipinski definition) is 15. The van der Waals surface area contributed by atoms with Crippen LogP contribution in [-0.2, 0) is 13.1 Å². The molecule has 356 valence electrons. The Kier molecular flexibility index (Phi) is 15.8. The van der Waals surface area contributed by atoms with Crippen LogP contribution >= 0.6 is 22.7 Å². The number of nitrogens with zero attached hydrogens (tertiary/aromatic N) is 8. The van der Waals surface area contributed by atoms with Crippen LogP contribution in [0.2, 0.25) is 0 Å². The van der Waals surface area contributed by atoms with Crippen LogP contribution in [-0.4, -0.2) is 80.4 Å². The van der Waals surface area contributed by atoms with Gasteiger partial charge >= 0.3 is 5.97 Å². The summed E-state index contributed by atoms with van der Waals surface area (Å²) in [7, 11) is 0. The maximum absolute atomic E-state index is 13.5. The van der Waals surface area contributed by atoms with Crippen molar-refractivity contribution < 1.29 is 34.5 Å². The number of thiophene rings is 2. The third-order valence-corrected chi connectivity index (χ3v) is 13.1. The largest absolute Gasteiger partial charge is 0.508 e. The molecule has 0 radical (unpaired) electrons. The minimum atomic E-state index is -0.990. The highest BCUT2D eigenvalue weighted by atomic mass is 32.1. The van der Waals surface area contributed by atoms with E-state index in [4.69, 9.17) is 10.8 Å². The van der Waals surface area contributed by atoms with Gasteiger partial charge in [0.2, 0.25) is 0 Å². The van der Waals surface area contributed by atoms with Crippen LogP contribution in [0.3, 0.4) is 0 Å². The van der Waals surface area contributed by atoms with Gasteiger partial charge in [-0.05, 0) is 72.8 Å². The van der Waals surface area contributed by atoms with Gasteiger partial charge in [-0.1, -0.05) is 60.7 Å². The molecule has 6 N–H and O–H groups in total. The molecule has 0 aliphatic carbocycles. The summed E-state index contributed by atoms with van der Waals surface area (Å²) in [6.45, 7) is 0.672. The molecule has 0 bridgehead atoms. The summed E-state index contributed by atoms with van der Waals surface area (Å²) in [6.07, 6.45) is 10.8. The number of phenols is 2. The molecule has 10 rings (SSSR count). The number of carboxylic acids is 1. The van der Waals surface area contributed by atoms with Gasteiger partial charge in [-0.3, -0.25) is 29.3 Å². The number of pyridine rings is 4. The van der Waals surface area contributed by atoms with E-state index in [1.807, 2.05) is 54.6 Å². The van der Waals surface area contributed by atoms with Crippen molar-refractivity contribution in [2.24, 2.45) is 15.9 Å². The highest BCUT2D eigenvalue weighted by molar-refractivity contribution is 7.14. The lowest BCUT2D eigenvalue weighted by atomic mass is 9.98. The molecule has 2 aliphatic heterocycles. The van der Waals surface area contributed by atoms with Crippen LogP contribution in [0.5, 0.6) is 11.5 Å². The van der Waals surface area contributed by atoms with Crippen molar-refractivity contribution >= 4 is 57.8 Å². The number of phenolic OH excluding ortho intramolecular Hbond substituents is 2. The van der Waals surface area contributed by atoms with E-state index < -0.39 is 12.0 Å². The Morgan fingerprint density at radius 3 is 1.48 bits per heavy atom. The van der Waals surface area contributed by atoms with Gasteiger partial charge in [0.05, 0.1) is 39.8 Å². The Morgan fingerprint density at radius 1 is 0.577 bits per heavy atom. The number of carbonyl (C=O) groups is 4. The molecule has 2 aliphatic rings. The lowest BCUT2D eigenvalue weighted by Gasteiger charge is -2.22. The minimum absolute atomic E-state index is 0.0810. The molecule has 2 aromatic carbocycles. The minimum Gasteiger partial charge on any atom is -0.508 e. The van der Waals surface area contributed by atoms with E-state index in [1.165, 1.54) is 45.0 Å². The molecule has 2 unspecified atom stereocenters. The van der Waals surface area contributed by atoms with Crippen molar-refractivity contribution in [2.75, 3.05) is 0 Å². The van der Waals surface area contributed by atoms with Crippen LogP contribution in [0.4, 0.5) is 0 Å². The maximum Gasteiger partial charge on any atom is 0.354 e. The number of nitrogens with one attached hydrogen (secondary N) is 1. The maximum atomic E-state index is 13.5. The van der Waals surface area contributed by atoms with Crippen LogP contribution in [0, 0.1) is 0 Å². The van der Waals surface area contributed by atoms with Gasteiger partial charge in [0.25, 0.3) is 17.7 Å². The van der Waals surface area contributed by atoms with Gasteiger partial charge in [-0.2, -0.15) is 10.2 Å². The van der Waals surface area contributed by atoms with Crippen LogP contribution in [0.15, 0.2) is 181 Å². The van der Waals surface area contributed by atoms with Gasteiger partial charge in [0.1, 0.15) is 22.9 Å². The molecule has 8 aromatic rings. The lowest BCUT2D eigenvalue weighted by Crippen LogP contribution is -2.26. The zero-order valence-electron chi connectivity index (χ0n) is 37.6. The topological polar surface area (TPSA) is 250 Å². The summed E-state index contributed by atoms with van der Waals surface area (Å²) >= 11 is 2.66. The van der Waals surface area contributed by atoms with Crippen molar-refractivity contribution in [1.29, 1.82) is 0 Å². The van der Waals surface area contributed by atoms with Crippen molar-refractivity contribution in [3.05, 3.63) is 224 Å². The van der Waals surface area contributed by atoms with Gasteiger partial charge < -0.3 is 26.4 Å². The number of nitrogens with two attached hydrogens (primary N) is 1. The summed E-state index contributed by atoms with van der Waals surface area (Å²) in [4.78, 5) is 67.8. The first-order valence-corrected chi connectivity index (χ1v) is 23.6. The van der Waals surface area contributed by atoms with Crippen LogP contribution in [0.25, 0.3) is 0 Å². The first kappa shape index (κ1) is 48.7. The Morgan fingerprint density at radius 2 is 1.06 bits per heavy atom. The SMILES string of the molecule is NCc1ccc(C(=O)N2N=C(c3cccnc3)CC2c2ccccc2O)s1.O=C(NCc1ccc(C(=O)N2N=C(c3cccnc3)CC2c2ccccc2O)s1)c1ccccn1.O=C(O)c1ccccn1. The summed E-state index contributed by atoms with van der Waals surface area (Å²) in [5.41, 5.74) is 10.6. The summed E-state index contributed by atoms with van der Waals surface area (Å²) in [6, 6.07) is 37.7. The smallest absolute Gasteiger partial charge is 0.354 e. The predicted octanol–water partition coefficient (Wildman–Crippen LogP) is 8.24. The number of hydrogen-bond donors (Lipinski definition) is 5. The number of carbonyl (C=O) groups excluding carboxylic acids is 3. The molecule has 0 fully saturated rings. The molecule has 19 heteroatoms. The molecule has 0 saturated carbocycles. The van der Waals surface area contributed by atoms with Crippen LogP contribution < -0.4 is 11.1 Å². The van der Waals surface area contributed by atoms with E-state index in [0.29, 0.717) is 46.0 Å². The van der Waals surface area contributed by atoms with E-state index >= 15 is 0 Å². The molecular weight excluding hydrogens is 941 g/mol. The van der Waals surface area contributed by atoms with Gasteiger partial charge in [0.15, 0.2) is 0 Å². The number of para-hydroxylation sites is 2. The van der Waals surface area contributed by atoms with E-state index in [0.717, 1.165) is 32.3 Å². The van der Waals surface area contributed by atoms with Crippen molar-refractivity contribution in [3.63, 3.8) is 0 Å². The molecule has 17 nitrogen and oxygen atoms in total. The normalized spacial score (nSPS) is 14.8. The number of carboxylic acid groups (broad SMARTS) is 1. The fourth-order valence-electron chi connectivity index (χ4n) is 7.49. The number of amides is 3. The molecule has 0 saturated heterocycles. The van der Waals surface area contributed by atoms with Gasteiger partial charge in [-0.15, -0.1) is 22.7 Å². The molecular formula is C52H44N10O7S2. The first-order valence-electron chi connectivity index (χ1n) is 22.0. The molecule has 71 heavy (non-hydrogen) atoms. The predicted molar refractivity (Wildman–Crippen MR) is 268 cm³/mol. The van der Waals surface area contributed by atoms with Crippen molar-refractivity contribution in [1.82, 2.24) is 35.3 Å². The summed E-state index contributed by atoms with van der Waals surface area (Å²) in [5.74, 6) is -1.48. The number of aromatic nitrogens is 4. The number of aromatic carboxylic acids is 1. The zero-order valence-corrected chi connectivity index (χ0v) is 39.2. The summed E-state index contributed by atoms with van der Waals surface area (Å²) < 4.78 is 0. The van der Waals surface area contributed by atoms with E-state index in [2.05, 4.69) is 35.5 Å². The fraction of sp³-hybridized carbons (Fsp3) is 0.115. The molecule has 8 heterocycles. The quantitative estimate of drug-likeness (QED) is 0.0822. The summed E-state index contributed by atoms with van der Waals surface area (Å²) in [5, 5.41) is 44.1. The number of aromatic hydroxyl groups is 2. The Bertz CT molecular complexity index is 3190. The third-order valence-electron chi connectivity index (χ3n) is 11.0. The van der Waals surface area contributed by atoms with E-state index in [1.54, 1.807) is 104 Å². The van der Waals surface area contributed by atoms with Crippen molar-refractivity contribution in [3.8, 4) is 11.5 Å². The number of rotatable bonds is 11. The molecule has 2 atom stereocenters. The van der Waals surface area contributed by atoms with Crippen molar-refractivity contribution in [2.45, 2.75) is 38.0 Å². The van der Waals surface area contributed by atoms with Gasteiger partial charge in [-0.25, -0.2) is 19.8 Å². The Balaban J connectivity index is 0.000000166. The Hall–Kier alpha value is -8.78. The first-order chi connectivity index (χ1) is 34.6. The molecule has 6 aromatic heterocycles. The number of benzene rings is 2. The second-order valence-corrected chi connectivity index (χ2v) is 17.9. The standard InChI is InChI=1S/C26H21N5O3S.C20H18N4O2S.C6H5NO2/c32-23-9-2-1-7-19(23)22-14-21(17-6-5-12-27-15-17)30-31(22)26(34)24-11-10-18(35-24)16-29-25(33)20-8-3-4-13-28-20;21-11-14-7-8-19(27-14)20(26)24-17(15-5-1-2-6-18(15)25)10-16(23-24)13-4-3-9-22-12-13;8-6(9)5-3-1-2-4-7-5/h1-13,15,22,32H,14,16H2,(H,29,33);1-9,12,17,25H,10-11,21H2;1-4H,(H,8,9). The number of hydrazone groups is 2.